The number of nitrogen functional groups attached to an aromatic ring is 1. The standard InChI is InChI=1S/C13H13BrN2O4/c1-17-12-7(14)5-9-13(19-4-2-3-18-9)11(12)8-6-10(15)20-16-8/h5-6H,2-4,15H2,1H3. The first-order valence-electron chi connectivity index (χ1n) is 6.09. The first kappa shape index (κ1) is 13.1. The van der Waals surface area contributed by atoms with Crippen LogP contribution < -0.4 is 19.9 Å². The Morgan fingerprint density at radius 3 is 2.80 bits per heavy atom. The van der Waals surface area contributed by atoms with E-state index in [4.69, 9.17) is 24.5 Å². The molecule has 0 radical (unpaired) electrons. The predicted molar refractivity (Wildman–Crippen MR) is 76.2 cm³/mol. The van der Waals surface area contributed by atoms with Gasteiger partial charge in [0.1, 0.15) is 11.4 Å². The molecule has 20 heavy (non-hydrogen) atoms. The molecule has 0 saturated heterocycles. The van der Waals surface area contributed by atoms with E-state index in [1.165, 1.54) is 0 Å². The van der Waals surface area contributed by atoms with Crippen LogP contribution in [0, 0.1) is 0 Å². The van der Waals surface area contributed by atoms with E-state index in [1.807, 2.05) is 6.07 Å². The normalized spacial score (nSPS) is 13.9. The molecule has 7 heteroatoms. The molecule has 2 N–H and O–H groups in total. The largest absolute Gasteiger partial charge is 0.495 e. The molecule has 0 fully saturated rings. The summed E-state index contributed by atoms with van der Waals surface area (Å²) in [5.74, 6) is 2.07. The van der Waals surface area contributed by atoms with E-state index in [0.717, 1.165) is 10.9 Å². The molecule has 0 amide bonds. The Labute approximate surface area is 123 Å². The second kappa shape index (κ2) is 5.24. The Hall–Kier alpha value is -1.89. The third kappa shape index (κ3) is 2.18. The maximum Gasteiger partial charge on any atom is 0.222 e. The van der Waals surface area contributed by atoms with Gasteiger partial charge in [0.25, 0.3) is 0 Å². The highest BCUT2D eigenvalue weighted by Gasteiger charge is 2.25. The molecule has 3 rings (SSSR count). The number of rotatable bonds is 2. The molecule has 0 saturated carbocycles. The fraction of sp³-hybridized carbons (Fsp3) is 0.308. The molecule has 1 aromatic carbocycles. The summed E-state index contributed by atoms with van der Waals surface area (Å²) in [4.78, 5) is 0. The van der Waals surface area contributed by atoms with Gasteiger partial charge >= 0.3 is 0 Å². The van der Waals surface area contributed by atoms with Gasteiger partial charge < -0.3 is 24.5 Å². The number of anilines is 1. The van der Waals surface area contributed by atoms with Crippen LogP contribution in [0.25, 0.3) is 11.3 Å². The summed E-state index contributed by atoms with van der Waals surface area (Å²) >= 11 is 3.47. The van der Waals surface area contributed by atoms with Crippen molar-refractivity contribution in [2.75, 3.05) is 26.1 Å². The molecular formula is C13H13BrN2O4. The molecule has 6 nitrogen and oxygen atoms in total. The number of nitrogens with zero attached hydrogens (tertiary/aromatic N) is 1. The predicted octanol–water partition coefficient (Wildman–Crippen LogP) is 2.86. The summed E-state index contributed by atoms with van der Waals surface area (Å²) in [6, 6.07) is 3.45. The van der Waals surface area contributed by atoms with Gasteiger partial charge in [0.2, 0.25) is 5.88 Å². The van der Waals surface area contributed by atoms with Gasteiger partial charge in [-0.15, -0.1) is 0 Å². The quantitative estimate of drug-likeness (QED) is 0.905. The number of hydrogen-bond acceptors (Lipinski definition) is 6. The van der Waals surface area contributed by atoms with Crippen molar-refractivity contribution in [3.63, 3.8) is 0 Å². The number of ether oxygens (including phenoxy) is 3. The van der Waals surface area contributed by atoms with Crippen molar-refractivity contribution >= 4 is 21.8 Å². The average molecular weight is 341 g/mol. The van der Waals surface area contributed by atoms with Gasteiger partial charge in [0, 0.05) is 18.6 Å². The lowest BCUT2D eigenvalue weighted by atomic mass is 10.1. The van der Waals surface area contributed by atoms with Crippen molar-refractivity contribution in [2.45, 2.75) is 6.42 Å². The van der Waals surface area contributed by atoms with Crippen molar-refractivity contribution in [1.29, 1.82) is 0 Å². The molecule has 106 valence electrons. The van der Waals surface area contributed by atoms with E-state index < -0.39 is 0 Å². The third-order valence-corrected chi connectivity index (χ3v) is 3.52. The van der Waals surface area contributed by atoms with Gasteiger partial charge in [-0.25, -0.2) is 0 Å². The van der Waals surface area contributed by atoms with E-state index >= 15 is 0 Å². The topological polar surface area (TPSA) is 79.7 Å². The minimum absolute atomic E-state index is 0.227. The molecule has 1 aromatic heterocycles. The molecule has 1 aliphatic rings. The highest BCUT2D eigenvalue weighted by Crippen LogP contribution is 2.49. The number of methoxy groups -OCH3 is 1. The average Bonchev–Trinajstić information content (AvgIpc) is 2.72. The van der Waals surface area contributed by atoms with Crippen LogP contribution in [0.5, 0.6) is 17.2 Å². The minimum Gasteiger partial charge on any atom is -0.495 e. The van der Waals surface area contributed by atoms with Gasteiger partial charge in [-0.3, -0.25) is 0 Å². The lowest BCUT2D eigenvalue weighted by Crippen LogP contribution is -1.99. The summed E-state index contributed by atoms with van der Waals surface area (Å²) in [6.45, 7) is 1.17. The van der Waals surface area contributed by atoms with E-state index in [1.54, 1.807) is 13.2 Å². The number of hydrogen-bond donors (Lipinski definition) is 1. The fourth-order valence-electron chi connectivity index (χ4n) is 2.10. The second-order valence-electron chi connectivity index (χ2n) is 4.26. The smallest absolute Gasteiger partial charge is 0.222 e. The summed E-state index contributed by atoms with van der Waals surface area (Å²) in [7, 11) is 1.58. The van der Waals surface area contributed by atoms with Gasteiger partial charge in [-0.05, 0) is 15.9 Å². The fourth-order valence-corrected chi connectivity index (χ4v) is 2.67. The first-order chi connectivity index (χ1) is 9.70. The van der Waals surface area contributed by atoms with Crippen molar-refractivity contribution in [2.24, 2.45) is 0 Å². The van der Waals surface area contributed by atoms with Gasteiger partial charge in [0.05, 0.1) is 30.4 Å². The van der Waals surface area contributed by atoms with Crippen LogP contribution in [0.4, 0.5) is 5.88 Å². The monoisotopic (exact) mass is 340 g/mol. The van der Waals surface area contributed by atoms with Crippen molar-refractivity contribution < 1.29 is 18.7 Å². The highest BCUT2D eigenvalue weighted by atomic mass is 79.9. The van der Waals surface area contributed by atoms with Crippen LogP contribution in [-0.4, -0.2) is 25.5 Å². The van der Waals surface area contributed by atoms with Crippen LogP contribution in [0.1, 0.15) is 6.42 Å². The van der Waals surface area contributed by atoms with Crippen LogP contribution >= 0.6 is 15.9 Å². The van der Waals surface area contributed by atoms with Crippen LogP contribution in [0.3, 0.4) is 0 Å². The maximum absolute atomic E-state index is 5.79. The summed E-state index contributed by atoms with van der Waals surface area (Å²) in [6.07, 6.45) is 0.814. The Bertz CT molecular complexity index is 642. The van der Waals surface area contributed by atoms with E-state index in [9.17, 15) is 0 Å². The van der Waals surface area contributed by atoms with Crippen LogP contribution in [-0.2, 0) is 0 Å². The number of nitrogens with two attached hydrogens (primary N) is 1. The Kier molecular flexibility index (Phi) is 3.43. The van der Waals surface area contributed by atoms with E-state index in [2.05, 4.69) is 21.1 Å². The molecular weight excluding hydrogens is 328 g/mol. The Morgan fingerprint density at radius 1 is 1.30 bits per heavy atom. The van der Waals surface area contributed by atoms with Gasteiger partial charge in [-0.2, -0.15) is 0 Å². The molecule has 0 spiro atoms. The lowest BCUT2D eigenvalue weighted by molar-refractivity contribution is 0.297. The van der Waals surface area contributed by atoms with Crippen molar-refractivity contribution in [1.82, 2.24) is 5.16 Å². The van der Waals surface area contributed by atoms with Crippen molar-refractivity contribution in [3.8, 4) is 28.5 Å². The molecule has 2 heterocycles. The number of fused-ring (bicyclic) bond motifs is 1. The molecule has 0 bridgehead atoms. The van der Waals surface area contributed by atoms with Gasteiger partial charge in [-0.1, -0.05) is 5.16 Å². The van der Waals surface area contributed by atoms with Crippen molar-refractivity contribution in [3.05, 3.63) is 16.6 Å². The molecule has 1 aliphatic heterocycles. The third-order valence-electron chi connectivity index (χ3n) is 2.93. The SMILES string of the molecule is COc1c(Br)cc2c(c1-c1cc(N)on1)OCCCO2. The van der Waals surface area contributed by atoms with E-state index in [-0.39, 0.29) is 5.88 Å². The summed E-state index contributed by atoms with van der Waals surface area (Å²) in [5.41, 5.74) is 6.81. The lowest BCUT2D eigenvalue weighted by Gasteiger charge is -2.16. The maximum atomic E-state index is 5.79. The first-order valence-corrected chi connectivity index (χ1v) is 6.88. The molecule has 0 unspecified atom stereocenters. The second-order valence-corrected chi connectivity index (χ2v) is 5.11. The number of benzene rings is 1. The number of aromatic nitrogens is 1. The van der Waals surface area contributed by atoms with E-state index in [0.29, 0.717) is 41.7 Å². The van der Waals surface area contributed by atoms with Crippen LogP contribution in [0.2, 0.25) is 0 Å². The molecule has 0 atom stereocenters. The van der Waals surface area contributed by atoms with Crippen LogP contribution in [0.15, 0.2) is 21.1 Å². The minimum atomic E-state index is 0.227. The highest BCUT2D eigenvalue weighted by molar-refractivity contribution is 9.10. The zero-order valence-corrected chi connectivity index (χ0v) is 12.4. The summed E-state index contributed by atoms with van der Waals surface area (Å²) < 4.78 is 22.6. The zero-order valence-electron chi connectivity index (χ0n) is 10.8. The zero-order chi connectivity index (χ0) is 14.1. The van der Waals surface area contributed by atoms with Gasteiger partial charge in [0.15, 0.2) is 11.5 Å². The Morgan fingerprint density at radius 2 is 2.10 bits per heavy atom. The number of halogens is 1. The Balaban J connectivity index is 2.26. The summed E-state index contributed by atoms with van der Waals surface area (Å²) in [5, 5.41) is 3.94. The molecule has 0 aliphatic carbocycles. The molecule has 2 aromatic rings.